The van der Waals surface area contributed by atoms with Gasteiger partial charge in [0.15, 0.2) is 6.61 Å². The molecule has 1 amide bonds. The van der Waals surface area contributed by atoms with Crippen molar-refractivity contribution >= 4 is 41.2 Å². The van der Waals surface area contributed by atoms with E-state index >= 15 is 0 Å². The van der Waals surface area contributed by atoms with Crippen LogP contribution in [-0.2, 0) is 14.3 Å². The van der Waals surface area contributed by atoms with Gasteiger partial charge in [-0.3, -0.25) is 4.79 Å². The number of benzene rings is 2. The second-order valence-electron chi connectivity index (χ2n) is 5.31. The van der Waals surface area contributed by atoms with Crippen LogP contribution in [0.3, 0.4) is 0 Å². The molecule has 0 aliphatic heterocycles. The molecule has 4 nitrogen and oxygen atoms in total. The van der Waals surface area contributed by atoms with Crippen molar-refractivity contribution in [2.45, 2.75) is 13.0 Å². The average molecular weight is 378 g/mol. The van der Waals surface area contributed by atoms with Crippen LogP contribution in [0, 0.1) is 0 Å². The zero-order chi connectivity index (χ0) is 18.2. The first-order valence-electron chi connectivity index (χ1n) is 7.60. The Kier molecular flexibility index (Phi) is 7.04. The van der Waals surface area contributed by atoms with E-state index in [1.165, 1.54) is 12.2 Å². The van der Waals surface area contributed by atoms with Gasteiger partial charge in [0, 0.05) is 16.1 Å². The summed E-state index contributed by atoms with van der Waals surface area (Å²) >= 11 is 11.9. The summed E-state index contributed by atoms with van der Waals surface area (Å²) in [4.78, 5) is 23.6. The van der Waals surface area contributed by atoms with Gasteiger partial charge < -0.3 is 10.1 Å². The zero-order valence-electron chi connectivity index (χ0n) is 13.5. The lowest BCUT2D eigenvalue weighted by atomic mass is 10.1. The summed E-state index contributed by atoms with van der Waals surface area (Å²) in [7, 11) is 0. The summed E-state index contributed by atoms with van der Waals surface area (Å²) < 4.78 is 4.92. The molecule has 130 valence electrons. The molecule has 0 bridgehead atoms. The van der Waals surface area contributed by atoms with Gasteiger partial charge in [-0.25, -0.2) is 4.79 Å². The van der Waals surface area contributed by atoms with Crippen LogP contribution in [-0.4, -0.2) is 18.5 Å². The highest BCUT2D eigenvalue weighted by Gasteiger charge is 2.11. The molecule has 1 N–H and O–H groups in total. The van der Waals surface area contributed by atoms with E-state index in [1.807, 2.05) is 19.1 Å². The number of rotatable bonds is 6. The smallest absolute Gasteiger partial charge is 0.331 e. The molecule has 0 aliphatic rings. The average Bonchev–Trinajstić information content (AvgIpc) is 2.59. The van der Waals surface area contributed by atoms with E-state index in [-0.39, 0.29) is 12.6 Å². The lowest BCUT2D eigenvalue weighted by molar-refractivity contribution is -0.144. The van der Waals surface area contributed by atoms with Crippen molar-refractivity contribution in [1.82, 2.24) is 5.32 Å². The number of amides is 1. The highest BCUT2D eigenvalue weighted by Crippen LogP contribution is 2.17. The van der Waals surface area contributed by atoms with Crippen molar-refractivity contribution in [2.24, 2.45) is 0 Å². The van der Waals surface area contributed by atoms with Gasteiger partial charge in [0.1, 0.15) is 0 Å². The van der Waals surface area contributed by atoms with E-state index < -0.39 is 11.9 Å². The third-order valence-corrected chi connectivity index (χ3v) is 3.96. The van der Waals surface area contributed by atoms with Crippen molar-refractivity contribution in [1.29, 1.82) is 0 Å². The predicted octanol–water partition coefficient (Wildman–Crippen LogP) is 4.43. The van der Waals surface area contributed by atoms with E-state index in [0.717, 1.165) is 5.56 Å². The van der Waals surface area contributed by atoms with Crippen LogP contribution >= 0.6 is 23.2 Å². The summed E-state index contributed by atoms with van der Waals surface area (Å²) in [5.41, 5.74) is 1.56. The van der Waals surface area contributed by atoms with E-state index in [4.69, 9.17) is 27.9 Å². The topological polar surface area (TPSA) is 55.4 Å². The predicted molar refractivity (Wildman–Crippen MR) is 99.5 cm³/mol. The number of esters is 1. The van der Waals surface area contributed by atoms with Crippen molar-refractivity contribution in [3.05, 3.63) is 75.8 Å². The lowest BCUT2D eigenvalue weighted by Crippen LogP contribution is -2.30. The first-order valence-corrected chi connectivity index (χ1v) is 8.35. The number of nitrogens with one attached hydrogen (secondary N) is 1. The SMILES string of the molecule is C[C@H](NC(=O)COC(=O)/C=C/c1ccccc1Cl)c1cccc(Cl)c1. The van der Waals surface area contributed by atoms with Gasteiger partial charge in [-0.2, -0.15) is 0 Å². The quantitative estimate of drug-likeness (QED) is 0.598. The summed E-state index contributed by atoms with van der Waals surface area (Å²) in [5, 5.41) is 3.86. The molecule has 25 heavy (non-hydrogen) atoms. The third-order valence-electron chi connectivity index (χ3n) is 3.38. The maximum absolute atomic E-state index is 11.9. The second-order valence-corrected chi connectivity index (χ2v) is 6.15. The Bertz CT molecular complexity index is 790. The molecule has 0 unspecified atom stereocenters. The van der Waals surface area contributed by atoms with E-state index in [9.17, 15) is 9.59 Å². The molecule has 0 heterocycles. The molecule has 0 spiro atoms. The molecule has 6 heteroatoms. The van der Waals surface area contributed by atoms with Crippen LogP contribution < -0.4 is 5.32 Å². The monoisotopic (exact) mass is 377 g/mol. The molecular weight excluding hydrogens is 361 g/mol. The number of halogens is 2. The largest absolute Gasteiger partial charge is 0.452 e. The normalized spacial score (nSPS) is 12.0. The third kappa shape index (κ3) is 6.25. The van der Waals surface area contributed by atoms with Gasteiger partial charge in [0.2, 0.25) is 0 Å². The van der Waals surface area contributed by atoms with Crippen LogP contribution in [0.1, 0.15) is 24.1 Å². The van der Waals surface area contributed by atoms with Crippen molar-refractivity contribution in [3.63, 3.8) is 0 Å². The number of hydrogen-bond acceptors (Lipinski definition) is 3. The molecule has 0 saturated carbocycles. The minimum Gasteiger partial charge on any atom is -0.452 e. The maximum Gasteiger partial charge on any atom is 0.331 e. The van der Waals surface area contributed by atoms with E-state index in [1.54, 1.807) is 36.4 Å². The highest BCUT2D eigenvalue weighted by atomic mass is 35.5. The van der Waals surface area contributed by atoms with Gasteiger partial charge in [0.25, 0.3) is 5.91 Å². The van der Waals surface area contributed by atoms with Crippen LogP contribution in [0.25, 0.3) is 6.08 Å². The first kappa shape index (κ1) is 19.0. The fraction of sp³-hybridized carbons (Fsp3) is 0.158. The number of carbonyl (C=O) groups excluding carboxylic acids is 2. The number of hydrogen-bond donors (Lipinski definition) is 1. The lowest BCUT2D eigenvalue weighted by Gasteiger charge is -2.14. The van der Waals surface area contributed by atoms with Crippen molar-refractivity contribution < 1.29 is 14.3 Å². The van der Waals surface area contributed by atoms with Gasteiger partial charge in [-0.15, -0.1) is 0 Å². The molecule has 2 rings (SSSR count). The van der Waals surface area contributed by atoms with Gasteiger partial charge >= 0.3 is 5.97 Å². The Labute approximate surface area is 156 Å². The Hall–Kier alpha value is -2.30. The first-order chi connectivity index (χ1) is 12.0. The Morgan fingerprint density at radius 2 is 1.92 bits per heavy atom. The molecule has 0 fully saturated rings. The number of ether oxygens (including phenoxy) is 1. The van der Waals surface area contributed by atoms with Crippen molar-refractivity contribution in [3.8, 4) is 0 Å². The Balaban J connectivity index is 1.81. The fourth-order valence-electron chi connectivity index (χ4n) is 2.10. The molecule has 2 aromatic carbocycles. The summed E-state index contributed by atoms with van der Waals surface area (Å²) in [6.45, 7) is 1.46. The van der Waals surface area contributed by atoms with Crippen LogP contribution in [0.15, 0.2) is 54.6 Å². The Morgan fingerprint density at radius 3 is 2.64 bits per heavy atom. The molecule has 0 aliphatic carbocycles. The minimum atomic E-state index is -0.620. The maximum atomic E-state index is 11.9. The molecule has 2 aromatic rings. The minimum absolute atomic E-state index is 0.247. The van der Waals surface area contributed by atoms with Crippen LogP contribution in [0.2, 0.25) is 10.0 Å². The molecule has 1 atom stereocenters. The molecular formula is C19H17Cl2NO3. The summed E-state index contributed by atoms with van der Waals surface area (Å²) in [6, 6.07) is 14.0. The van der Waals surface area contributed by atoms with E-state index in [0.29, 0.717) is 15.6 Å². The number of carbonyl (C=O) groups is 2. The van der Waals surface area contributed by atoms with Crippen LogP contribution in [0.4, 0.5) is 0 Å². The van der Waals surface area contributed by atoms with Gasteiger partial charge in [-0.1, -0.05) is 53.5 Å². The second kappa shape index (κ2) is 9.25. The highest BCUT2D eigenvalue weighted by molar-refractivity contribution is 6.32. The molecule has 0 saturated heterocycles. The fourth-order valence-corrected chi connectivity index (χ4v) is 2.49. The standard InChI is InChI=1S/C19H17Cl2NO3/c1-13(15-6-4-7-16(20)11-15)22-18(23)12-25-19(24)10-9-14-5-2-3-8-17(14)21/h2-11,13H,12H2,1H3,(H,22,23)/b10-9+/t13-/m0/s1. The zero-order valence-corrected chi connectivity index (χ0v) is 15.1. The summed E-state index contributed by atoms with van der Waals surface area (Å²) in [6.07, 6.45) is 2.77. The van der Waals surface area contributed by atoms with E-state index in [2.05, 4.69) is 5.32 Å². The van der Waals surface area contributed by atoms with Gasteiger partial charge in [0.05, 0.1) is 6.04 Å². The Morgan fingerprint density at radius 1 is 1.16 bits per heavy atom. The summed E-state index contributed by atoms with van der Waals surface area (Å²) in [5.74, 6) is -1.02. The van der Waals surface area contributed by atoms with Gasteiger partial charge in [-0.05, 0) is 42.3 Å². The molecule has 0 radical (unpaired) electrons. The van der Waals surface area contributed by atoms with Crippen molar-refractivity contribution in [2.75, 3.05) is 6.61 Å². The molecule has 0 aromatic heterocycles. The van der Waals surface area contributed by atoms with Crippen LogP contribution in [0.5, 0.6) is 0 Å².